The van der Waals surface area contributed by atoms with Gasteiger partial charge in [-0.15, -0.1) is 0 Å². The topological polar surface area (TPSA) is 58.3 Å². The van der Waals surface area contributed by atoms with Crippen LogP contribution in [0.25, 0.3) is 0 Å². The minimum Gasteiger partial charge on any atom is -0.398 e. The number of aliphatic hydroxyl groups is 1. The zero-order valence-electron chi connectivity index (χ0n) is 10.4. The quantitative estimate of drug-likeness (QED) is 0.669. The molecule has 0 atom stereocenters. The molecule has 16 heavy (non-hydrogen) atoms. The van der Waals surface area contributed by atoms with Crippen LogP contribution in [-0.4, -0.2) is 18.3 Å². The molecule has 0 radical (unpaired) electrons. The normalized spacial score (nSPS) is 10.5. The Balaban J connectivity index is 3.18. The third kappa shape index (κ3) is 2.47. The van der Waals surface area contributed by atoms with Crippen LogP contribution in [0.5, 0.6) is 0 Å². The van der Waals surface area contributed by atoms with E-state index < -0.39 is 0 Å². The van der Waals surface area contributed by atoms with Crippen molar-refractivity contribution in [1.82, 2.24) is 0 Å². The summed E-state index contributed by atoms with van der Waals surface area (Å²) in [6.45, 7) is 6.99. The SMILES string of the molecule is CCc1cc(CC)c(NCCO)c(C)c1N. The molecule has 0 spiro atoms. The van der Waals surface area contributed by atoms with Crippen molar-refractivity contribution in [2.75, 3.05) is 24.2 Å². The number of benzene rings is 1. The predicted octanol–water partition coefficient (Wildman–Crippen LogP) is 2.11. The molecule has 3 nitrogen and oxygen atoms in total. The maximum absolute atomic E-state index is 8.86. The Morgan fingerprint density at radius 2 is 1.88 bits per heavy atom. The van der Waals surface area contributed by atoms with E-state index in [1.165, 1.54) is 11.1 Å². The van der Waals surface area contributed by atoms with E-state index in [1.54, 1.807) is 0 Å². The first-order valence-corrected chi connectivity index (χ1v) is 5.91. The van der Waals surface area contributed by atoms with Gasteiger partial charge in [0.25, 0.3) is 0 Å². The van der Waals surface area contributed by atoms with Crippen LogP contribution >= 0.6 is 0 Å². The van der Waals surface area contributed by atoms with Crippen molar-refractivity contribution in [1.29, 1.82) is 0 Å². The molecule has 0 aromatic heterocycles. The van der Waals surface area contributed by atoms with Crippen LogP contribution in [0.4, 0.5) is 11.4 Å². The number of aryl methyl sites for hydroxylation is 2. The second-order valence-corrected chi connectivity index (χ2v) is 3.97. The summed E-state index contributed by atoms with van der Waals surface area (Å²) in [4.78, 5) is 0. The highest BCUT2D eigenvalue weighted by Gasteiger charge is 2.10. The molecule has 1 aromatic carbocycles. The van der Waals surface area contributed by atoms with Crippen molar-refractivity contribution in [3.05, 3.63) is 22.8 Å². The number of hydrogen-bond acceptors (Lipinski definition) is 3. The lowest BCUT2D eigenvalue weighted by molar-refractivity contribution is 0.311. The molecule has 4 N–H and O–H groups in total. The largest absolute Gasteiger partial charge is 0.398 e. The zero-order valence-corrected chi connectivity index (χ0v) is 10.4. The first-order chi connectivity index (χ1) is 7.65. The van der Waals surface area contributed by atoms with E-state index in [9.17, 15) is 0 Å². The Bertz CT molecular complexity index is 361. The standard InChI is InChI=1S/C13H22N2O/c1-4-10-8-11(5-2)13(15-6-7-16)9(3)12(10)14/h8,15-16H,4-7,14H2,1-3H3. The van der Waals surface area contributed by atoms with Crippen molar-refractivity contribution in [2.24, 2.45) is 0 Å². The van der Waals surface area contributed by atoms with Crippen LogP contribution in [0.15, 0.2) is 6.07 Å². The van der Waals surface area contributed by atoms with Crippen molar-refractivity contribution in [3.63, 3.8) is 0 Å². The Morgan fingerprint density at radius 1 is 1.25 bits per heavy atom. The predicted molar refractivity (Wildman–Crippen MR) is 69.9 cm³/mol. The average molecular weight is 222 g/mol. The van der Waals surface area contributed by atoms with Gasteiger partial charge in [0.15, 0.2) is 0 Å². The number of aliphatic hydroxyl groups excluding tert-OH is 1. The summed E-state index contributed by atoms with van der Waals surface area (Å²) in [6.07, 6.45) is 1.93. The van der Waals surface area contributed by atoms with E-state index in [1.807, 2.05) is 6.92 Å². The Labute approximate surface area is 97.7 Å². The van der Waals surface area contributed by atoms with Gasteiger partial charge in [-0.25, -0.2) is 0 Å². The van der Waals surface area contributed by atoms with Gasteiger partial charge in [-0.3, -0.25) is 0 Å². The summed E-state index contributed by atoms with van der Waals surface area (Å²) < 4.78 is 0. The van der Waals surface area contributed by atoms with E-state index in [0.717, 1.165) is 29.8 Å². The highest BCUT2D eigenvalue weighted by molar-refractivity contribution is 5.70. The molecule has 0 amide bonds. The second-order valence-electron chi connectivity index (χ2n) is 3.97. The zero-order chi connectivity index (χ0) is 12.1. The van der Waals surface area contributed by atoms with Crippen LogP contribution < -0.4 is 11.1 Å². The minimum absolute atomic E-state index is 0.137. The van der Waals surface area contributed by atoms with Gasteiger partial charge in [-0.05, 0) is 36.5 Å². The third-order valence-corrected chi connectivity index (χ3v) is 2.97. The molecule has 1 aromatic rings. The van der Waals surface area contributed by atoms with E-state index in [0.29, 0.717) is 6.54 Å². The summed E-state index contributed by atoms with van der Waals surface area (Å²) in [5.41, 5.74) is 11.6. The van der Waals surface area contributed by atoms with Gasteiger partial charge >= 0.3 is 0 Å². The Kier molecular flexibility index (Phi) is 4.62. The van der Waals surface area contributed by atoms with Gasteiger partial charge in [0.1, 0.15) is 0 Å². The number of rotatable bonds is 5. The lowest BCUT2D eigenvalue weighted by atomic mass is 9.97. The third-order valence-electron chi connectivity index (χ3n) is 2.97. The monoisotopic (exact) mass is 222 g/mol. The van der Waals surface area contributed by atoms with E-state index in [2.05, 4.69) is 25.2 Å². The molecule has 0 aliphatic carbocycles. The summed E-state index contributed by atoms with van der Waals surface area (Å²) in [5.74, 6) is 0. The molecule has 0 aliphatic heterocycles. The lowest BCUT2D eigenvalue weighted by Crippen LogP contribution is -2.11. The van der Waals surface area contributed by atoms with Crippen LogP contribution in [0.2, 0.25) is 0 Å². The second kappa shape index (κ2) is 5.75. The molecule has 90 valence electrons. The molecule has 0 fully saturated rings. The van der Waals surface area contributed by atoms with Gasteiger partial charge < -0.3 is 16.2 Å². The molecule has 0 aliphatic rings. The fourth-order valence-corrected chi connectivity index (χ4v) is 1.97. The molecule has 3 heteroatoms. The first-order valence-electron chi connectivity index (χ1n) is 5.91. The number of anilines is 2. The van der Waals surface area contributed by atoms with Gasteiger partial charge in [0.05, 0.1) is 6.61 Å². The van der Waals surface area contributed by atoms with Gasteiger partial charge in [-0.1, -0.05) is 19.9 Å². The average Bonchev–Trinajstić information content (AvgIpc) is 2.31. The molecule has 1 rings (SSSR count). The molecule has 0 bridgehead atoms. The summed E-state index contributed by atoms with van der Waals surface area (Å²) in [6, 6.07) is 2.17. The Hall–Kier alpha value is -1.22. The van der Waals surface area contributed by atoms with Gasteiger partial charge in [0, 0.05) is 17.9 Å². The van der Waals surface area contributed by atoms with Crippen LogP contribution in [-0.2, 0) is 12.8 Å². The summed E-state index contributed by atoms with van der Waals surface area (Å²) in [5, 5.41) is 12.1. The maximum Gasteiger partial charge on any atom is 0.0604 e. The van der Waals surface area contributed by atoms with E-state index in [4.69, 9.17) is 10.8 Å². The summed E-state index contributed by atoms with van der Waals surface area (Å²) >= 11 is 0. The van der Waals surface area contributed by atoms with Crippen LogP contribution in [0.1, 0.15) is 30.5 Å². The minimum atomic E-state index is 0.137. The lowest BCUT2D eigenvalue weighted by Gasteiger charge is -2.18. The highest BCUT2D eigenvalue weighted by atomic mass is 16.3. The van der Waals surface area contributed by atoms with Gasteiger partial charge in [0.2, 0.25) is 0 Å². The smallest absolute Gasteiger partial charge is 0.0604 e. The van der Waals surface area contributed by atoms with E-state index in [-0.39, 0.29) is 6.61 Å². The number of nitrogens with one attached hydrogen (secondary N) is 1. The maximum atomic E-state index is 8.86. The van der Waals surface area contributed by atoms with Gasteiger partial charge in [-0.2, -0.15) is 0 Å². The number of nitrogen functional groups attached to an aromatic ring is 1. The first kappa shape index (κ1) is 12.8. The highest BCUT2D eigenvalue weighted by Crippen LogP contribution is 2.30. The fraction of sp³-hybridized carbons (Fsp3) is 0.538. The molecule has 0 heterocycles. The molecule has 0 unspecified atom stereocenters. The van der Waals surface area contributed by atoms with Crippen molar-refractivity contribution in [3.8, 4) is 0 Å². The summed E-state index contributed by atoms with van der Waals surface area (Å²) in [7, 11) is 0. The fourth-order valence-electron chi connectivity index (χ4n) is 1.97. The van der Waals surface area contributed by atoms with Crippen molar-refractivity contribution in [2.45, 2.75) is 33.6 Å². The van der Waals surface area contributed by atoms with Crippen LogP contribution in [0.3, 0.4) is 0 Å². The van der Waals surface area contributed by atoms with Crippen molar-refractivity contribution >= 4 is 11.4 Å². The molecule has 0 saturated heterocycles. The van der Waals surface area contributed by atoms with Crippen LogP contribution in [0, 0.1) is 6.92 Å². The Morgan fingerprint density at radius 3 is 2.38 bits per heavy atom. The molecular weight excluding hydrogens is 200 g/mol. The number of nitrogens with two attached hydrogens (primary N) is 1. The molecule has 0 saturated carbocycles. The molecular formula is C13H22N2O. The number of hydrogen-bond donors (Lipinski definition) is 3. The van der Waals surface area contributed by atoms with E-state index >= 15 is 0 Å². The van der Waals surface area contributed by atoms with Crippen molar-refractivity contribution < 1.29 is 5.11 Å².